The molecule has 0 N–H and O–H groups in total. The summed E-state index contributed by atoms with van der Waals surface area (Å²) in [5.74, 6) is 1.97. The predicted molar refractivity (Wildman–Crippen MR) is 122 cm³/mol. The third kappa shape index (κ3) is 5.12. The Hall–Kier alpha value is -2.58. The molecule has 3 aromatic rings. The highest BCUT2D eigenvalue weighted by Crippen LogP contribution is 2.35. The first-order valence-electron chi connectivity index (χ1n) is 9.26. The average Bonchev–Trinajstić information content (AvgIpc) is 3.15. The number of aryl methyl sites for hydroxylation is 1. The molecule has 0 saturated carbocycles. The number of rotatable bonds is 8. The van der Waals surface area contributed by atoms with Crippen molar-refractivity contribution in [2.75, 3.05) is 34.4 Å². The molecule has 30 heavy (non-hydrogen) atoms. The molecule has 0 radical (unpaired) electrons. The first-order chi connectivity index (χ1) is 14.4. The van der Waals surface area contributed by atoms with Crippen LogP contribution in [0.25, 0.3) is 10.6 Å². The Morgan fingerprint density at radius 1 is 1.10 bits per heavy atom. The van der Waals surface area contributed by atoms with Crippen molar-refractivity contribution in [1.82, 2.24) is 9.88 Å². The number of halogens is 1. The monoisotopic (exact) mass is 490 g/mol. The topological polar surface area (TPSA) is 60.9 Å². The lowest BCUT2D eigenvalue weighted by Crippen LogP contribution is -2.30. The smallest absolute Gasteiger partial charge is 0.265 e. The van der Waals surface area contributed by atoms with E-state index in [0.717, 1.165) is 20.8 Å². The first kappa shape index (κ1) is 22.1. The maximum Gasteiger partial charge on any atom is 0.265 e. The van der Waals surface area contributed by atoms with Gasteiger partial charge in [0, 0.05) is 17.1 Å². The van der Waals surface area contributed by atoms with Crippen molar-refractivity contribution in [1.29, 1.82) is 0 Å². The third-order valence-electron chi connectivity index (χ3n) is 4.48. The SMILES string of the molecule is COc1ccc(-c2nc(C)c(C(=O)N(C)CCOc3ccc(Br)cc3)s2)cc1OC. The molecule has 0 aliphatic rings. The van der Waals surface area contributed by atoms with Gasteiger partial charge in [0.25, 0.3) is 5.91 Å². The number of benzene rings is 2. The summed E-state index contributed by atoms with van der Waals surface area (Å²) < 4.78 is 17.4. The van der Waals surface area contributed by atoms with Crippen LogP contribution in [0.15, 0.2) is 46.9 Å². The maximum absolute atomic E-state index is 12.9. The minimum Gasteiger partial charge on any atom is -0.493 e. The molecule has 158 valence electrons. The van der Waals surface area contributed by atoms with Crippen molar-refractivity contribution in [3.8, 4) is 27.8 Å². The summed E-state index contributed by atoms with van der Waals surface area (Å²) in [5.41, 5.74) is 1.58. The van der Waals surface area contributed by atoms with Gasteiger partial charge in [0.05, 0.1) is 26.5 Å². The number of methoxy groups -OCH3 is 2. The molecule has 0 fully saturated rings. The van der Waals surface area contributed by atoms with Crippen LogP contribution in [0.4, 0.5) is 0 Å². The molecule has 0 saturated heterocycles. The van der Waals surface area contributed by atoms with Crippen LogP contribution >= 0.6 is 27.3 Å². The van der Waals surface area contributed by atoms with Gasteiger partial charge in [0.1, 0.15) is 22.2 Å². The number of thiazole rings is 1. The van der Waals surface area contributed by atoms with Crippen LogP contribution < -0.4 is 14.2 Å². The lowest BCUT2D eigenvalue weighted by Gasteiger charge is -2.17. The Kier molecular flexibility index (Phi) is 7.33. The molecule has 3 rings (SSSR count). The van der Waals surface area contributed by atoms with Gasteiger partial charge in [0.15, 0.2) is 11.5 Å². The van der Waals surface area contributed by atoms with E-state index in [9.17, 15) is 4.79 Å². The zero-order chi connectivity index (χ0) is 21.7. The van der Waals surface area contributed by atoms with Crippen LogP contribution in [0, 0.1) is 6.92 Å². The van der Waals surface area contributed by atoms with E-state index in [2.05, 4.69) is 20.9 Å². The van der Waals surface area contributed by atoms with E-state index in [1.807, 2.05) is 49.4 Å². The van der Waals surface area contributed by atoms with Gasteiger partial charge < -0.3 is 19.1 Å². The van der Waals surface area contributed by atoms with E-state index in [0.29, 0.717) is 35.2 Å². The fourth-order valence-corrected chi connectivity index (χ4v) is 4.12. The number of nitrogens with zero attached hydrogens (tertiary/aromatic N) is 2. The number of carbonyl (C=O) groups is 1. The molecule has 1 amide bonds. The van der Waals surface area contributed by atoms with Gasteiger partial charge in [-0.15, -0.1) is 11.3 Å². The van der Waals surface area contributed by atoms with Crippen molar-refractivity contribution < 1.29 is 19.0 Å². The molecular formula is C22H23BrN2O4S. The van der Waals surface area contributed by atoms with E-state index < -0.39 is 0 Å². The summed E-state index contributed by atoms with van der Waals surface area (Å²) in [7, 11) is 4.95. The number of aromatic nitrogens is 1. The highest BCUT2D eigenvalue weighted by molar-refractivity contribution is 9.10. The molecule has 0 atom stereocenters. The third-order valence-corrected chi connectivity index (χ3v) is 6.20. The van der Waals surface area contributed by atoms with E-state index >= 15 is 0 Å². The molecule has 0 bridgehead atoms. The Balaban J connectivity index is 1.67. The highest BCUT2D eigenvalue weighted by atomic mass is 79.9. The van der Waals surface area contributed by atoms with E-state index in [4.69, 9.17) is 14.2 Å². The Labute approximate surface area is 188 Å². The average molecular weight is 491 g/mol. The quantitative estimate of drug-likeness (QED) is 0.442. The molecule has 0 spiro atoms. The fourth-order valence-electron chi connectivity index (χ4n) is 2.79. The van der Waals surface area contributed by atoms with Gasteiger partial charge in [-0.2, -0.15) is 0 Å². The Morgan fingerprint density at radius 3 is 2.47 bits per heavy atom. The zero-order valence-electron chi connectivity index (χ0n) is 17.3. The van der Waals surface area contributed by atoms with Crippen molar-refractivity contribution >= 4 is 33.2 Å². The Bertz CT molecular complexity index is 1020. The van der Waals surface area contributed by atoms with E-state index in [1.54, 1.807) is 26.2 Å². The molecule has 0 unspecified atom stereocenters. The molecule has 0 aliphatic carbocycles. The van der Waals surface area contributed by atoms with Crippen LogP contribution in [0.5, 0.6) is 17.2 Å². The highest BCUT2D eigenvalue weighted by Gasteiger charge is 2.20. The lowest BCUT2D eigenvalue weighted by molar-refractivity contribution is 0.0777. The van der Waals surface area contributed by atoms with Gasteiger partial charge in [-0.05, 0) is 49.4 Å². The molecule has 6 nitrogen and oxygen atoms in total. The summed E-state index contributed by atoms with van der Waals surface area (Å²) in [6, 6.07) is 13.2. The number of amides is 1. The summed E-state index contributed by atoms with van der Waals surface area (Å²) in [6.07, 6.45) is 0. The Morgan fingerprint density at radius 2 is 1.80 bits per heavy atom. The number of hydrogen-bond acceptors (Lipinski definition) is 6. The van der Waals surface area contributed by atoms with Gasteiger partial charge in [-0.25, -0.2) is 4.98 Å². The number of likely N-dealkylation sites (N-methyl/N-ethyl adjacent to an activating group) is 1. The normalized spacial score (nSPS) is 10.6. The number of ether oxygens (including phenoxy) is 3. The lowest BCUT2D eigenvalue weighted by atomic mass is 10.2. The second-order valence-electron chi connectivity index (χ2n) is 6.53. The molecule has 1 aromatic heterocycles. The van der Waals surface area contributed by atoms with Crippen LogP contribution in [0.1, 0.15) is 15.4 Å². The molecular weight excluding hydrogens is 468 g/mol. The van der Waals surface area contributed by atoms with Gasteiger partial charge in [-0.3, -0.25) is 4.79 Å². The summed E-state index contributed by atoms with van der Waals surface area (Å²) >= 11 is 4.76. The summed E-state index contributed by atoms with van der Waals surface area (Å²) in [6.45, 7) is 2.72. The van der Waals surface area contributed by atoms with Gasteiger partial charge >= 0.3 is 0 Å². The first-order valence-corrected chi connectivity index (χ1v) is 10.9. The van der Waals surface area contributed by atoms with Crippen molar-refractivity contribution in [2.45, 2.75) is 6.92 Å². The largest absolute Gasteiger partial charge is 0.493 e. The van der Waals surface area contributed by atoms with Gasteiger partial charge in [-0.1, -0.05) is 15.9 Å². The van der Waals surface area contributed by atoms with Crippen molar-refractivity contribution in [2.24, 2.45) is 0 Å². The van der Waals surface area contributed by atoms with Crippen LogP contribution in [0.2, 0.25) is 0 Å². The number of carbonyl (C=O) groups excluding carboxylic acids is 1. The molecule has 2 aromatic carbocycles. The predicted octanol–water partition coefficient (Wildman–Crippen LogP) is 5.05. The number of hydrogen-bond donors (Lipinski definition) is 0. The maximum atomic E-state index is 12.9. The fraction of sp³-hybridized carbons (Fsp3) is 0.273. The standard InChI is InChI=1S/C22H23BrN2O4S/c1-14-20(22(26)25(2)11-12-29-17-8-6-16(23)7-9-17)30-21(24-14)15-5-10-18(27-3)19(13-15)28-4/h5-10,13H,11-12H2,1-4H3. The molecule has 0 aliphatic heterocycles. The zero-order valence-corrected chi connectivity index (χ0v) is 19.7. The summed E-state index contributed by atoms with van der Waals surface area (Å²) in [5, 5.41) is 0.760. The van der Waals surface area contributed by atoms with Crippen molar-refractivity contribution in [3.63, 3.8) is 0 Å². The van der Waals surface area contributed by atoms with Gasteiger partial charge in [0.2, 0.25) is 0 Å². The minimum atomic E-state index is -0.0730. The van der Waals surface area contributed by atoms with Crippen LogP contribution in [-0.4, -0.2) is 50.2 Å². The van der Waals surface area contributed by atoms with Crippen LogP contribution in [-0.2, 0) is 0 Å². The molecule has 8 heteroatoms. The summed E-state index contributed by atoms with van der Waals surface area (Å²) in [4.78, 5) is 19.8. The minimum absolute atomic E-state index is 0.0730. The second kappa shape index (κ2) is 9.95. The molecule has 1 heterocycles. The van der Waals surface area contributed by atoms with Crippen LogP contribution in [0.3, 0.4) is 0 Å². The van der Waals surface area contributed by atoms with Crippen molar-refractivity contribution in [3.05, 3.63) is 57.5 Å². The second-order valence-corrected chi connectivity index (χ2v) is 8.45. The van der Waals surface area contributed by atoms with E-state index in [1.165, 1.54) is 11.3 Å². The van der Waals surface area contributed by atoms with E-state index in [-0.39, 0.29) is 5.91 Å².